The van der Waals surface area contributed by atoms with E-state index in [0.717, 1.165) is 12.0 Å². The van der Waals surface area contributed by atoms with Gasteiger partial charge in [0.2, 0.25) is 0 Å². The number of phenolic OH excluding ortho intramolecular Hbond substituents is 1. The van der Waals surface area contributed by atoms with Crippen LogP contribution in [0.5, 0.6) is 5.75 Å². The minimum absolute atomic E-state index is 0.271. The number of hydrazone groups is 1. The Labute approximate surface area is 121 Å². The molecule has 2 unspecified atom stereocenters. The molecule has 3 nitrogen and oxygen atoms in total. The molecule has 1 rings (SSSR count). The molecule has 106 valence electrons. The number of rotatable bonds is 7. The standard InChI is InChI=1S/C14H23N2OPS/c1-4-6-14(5-2)18(19)16(3)15-11-12-7-9-13(17)10-8-12/h7-11,14,17-18H,4-6H2,1-3H3/b15-11+. The first-order valence-corrected chi connectivity index (χ1v) is 9.34. The summed E-state index contributed by atoms with van der Waals surface area (Å²) in [6, 6.07) is 7.00. The molecule has 0 heterocycles. The van der Waals surface area contributed by atoms with Crippen molar-refractivity contribution in [1.82, 2.24) is 4.78 Å². The van der Waals surface area contributed by atoms with Crippen molar-refractivity contribution in [1.29, 1.82) is 0 Å². The van der Waals surface area contributed by atoms with Gasteiger partial charge in [-0.05, 0) is 42.7 Å². The molecule has 0 spiro atoms. The van der Waals surface area contributed by atoms with Crippen LogP contribution in [0.4, 0.5) is 0 Å². The summed E-state index contributed by atoms with van der Waals surface area (Å²) in [6.45, 7) is 3.38. The highest BCUT2D eigenvalue weighted by atomic mass is 32.4. The van der Waals surface area contributed by atoms with Crippen molar-refractivity contribution in [2.45, 2.75) is 38.8 Å². The third kappa shape index (κ3) is 5.33. The van der Waals surface area contributed by atoms with Gasteiger partial charge in [-0.2, -0.15) is 5.10 Å². The van der Waals surface area contributed by atoms with E-state index in [1.807, 2.05) is 24.0 Å². The molecule has 0 aliphatic carbocycles. The van der Waals surface area contributed by atoms with Gasteiger partial charge in [0.05, 0.1) is 6.21 Å². The van der Waals surface area contributed by atoms with Gasteiger partial charge in [-0.25, -0.2) is 0 Å². The molecule has 0 aliphatic rings. The fraction of sp³-hybridized carbons (Fsp3) is 0.500. The fourth-order valence-electron chi connectivity index (χ4n) is 1.89. The van der Waals surface area contributed by atoms with Gasteiger partial charge in [0.15, 0.2) is 0 Å². The summed E-state index contributed by atoms with van der Waals surface area (Å²) in [6.07, 6.45) is 5.30. The Morgan fingerprint density at radius 2 is 2.00 bits per heavy atom. The molecule has 1 N–H and O–H groups in total. The number of benzene rings is 1. The smallest absolute Gasteiger partial charge is 0.115 e. The second-order valence-electron chi connectivity index (χ2n) is 4.59. The molecule has 0 saturated heterocycles. The number of nitrogens with zero attached hydrogens (tertiary/aromatic N) is 2. The van der Waals surface area contributed by atoms with E-state index in [-0.39, 0.29) is 5.75 Å². The van der Waals surface area contributed by atoms with Gasteiger partial charge >= 0.3 is 0 Å². The Morgan fingerprint density at radius 1 is 1.37 bits per heavy atom. The number of hydrogen-bond donors (Lipinski definition) is 1. The maximum absolute atomic E-state index is 9.22. The second kappa shape index (κ2) is 8.34. The third-order valence-electron chi connectivity index (χ3n) is 3.07. The number of hydrogen-bond acceptors (Lipinski definition) is 3. The summed E-state index contributed by atoms with van der Waals surface area (Å²) in [5.41, 5.74) is 1.57. The molecule has 0 fully saturated rings. The summed E-state index contributed by atoms with van der Waals surface area (Å²) in [5, 5.41) is 13.7. The van der Waals surface area contributed by atoms with E-state index in [4.69, 9.17) is 11.8 Å². The van der Waals surface area contributed by atoms with E-state index in [1.165, 1.54) is 12.8 Å². The molecule has 0 amide bonds. The number of aromatic hydroxyl groups is 1. The maximum Gasteiger partial charge on any atom is 0.115 e. The molecular weight excluding hydrogens is 275 g/mol. The van der Waals surface area contributed by atoms with Crippen molar-refractivity contribution in [3.63, 3.8) is 0 Å². The van der Waals surface area contributed by atoms with Crippen LogP contribution in [0.3, 0.4) is 0 Å². The van der Waals surface area contributed by atoms with E-state index < -0.39 is 6.85 Å². The van der Waals surface area contributed by atoms with E-state index >= 15 is 0 Å². The zero-order valence-electron chi connectivity index (χ0n) is 11.8. The van der Waals surface area contributed by atoms with Gasteiger partial charge in [-0.15, -0.1) is 0 Å². The molecule has 0 bridgehead atoms. The Hall–Kier alpha value is -0.860. The topological polar surface area (TPSA) is 35.8 Å². The summed E-state index contributed by atoms with van der Waals surface area (Å²) in [5.74, 6) is 0.271. The van der Waals surface area contributed by atoms with Gasteiger partial charge in [0.25, 0.3) is 0 Å². The lowest BCUT2D eigenvalue weighted by atomic mass is 10.2. The Kier molecular flexibility index (Phi) is 7.11. The molecule has 1 aromatic rings. The highest BCUT2D eigenvalue weighted by Gasteiger charge is 2.12. The molecule has 0 aliphatic heterocycles. The Morgan fingerprint density at radius 3 is 2.53 bits per heavy atom. The minimum atomic E-state index is -1.03. The van der Waals surface area contributed by atoms with Crippen molar-refractivity contribution >= 4 is 24.9 Å². The van der Waals surface area contributed by atoms with Crippen LogP contribution in [0.1, 0.15) is 38.7 Å². The average molecular weight is 298 g/mol. The van der Waals surface area contributed by atoms with Crippen LogP contribution >= 0.6 is 6.85 Å². The van der Waals surface area contributed by atoms with Crippen LogP contribution in [0.15, 0.2) is 29.4 Å². The summed E-state index contributed by atoms with van der Waals surface area (Å²) in [7, 11) is 1.97. The highest BCUT2D eigenvalue weighted by molar-refractivity contribution is 8.04. The molecule has 19 heavy (non-hydrogen) atoms. The summed E-state index contributed by atoms with van der Waals surface area (Å²) < 4.78 is 1.96. The first-order valence-electron chi connectivity index (χ1n) is 6.69. The SMILES string of the molecule is CCCC(CC)[PH](=S)N(C)/N=C/c1ccc(O)cc1. The summed E-state index contributed by atoms with van der Waals surface area (Å²) in [4.78, 5) is 0. The molecule has 0 saturated carbocycles. The Bertz CT molecular complexity index is 434. The average Bonchev–Trinajstić information content (AvgIpc) is 2.43. The molecule has 1 aromatic carbocycles. The van der Waals surface area contributed by atoms with Crippen LogP contribution in [0, 0.1) is 0 Å². The zero-order chi connectivity index (χ0) is 14.3. The fourth-order valence-corrected chi connectivity index (χ4v) is 4.47. The largest absolute Gasteiger partial charge is 0.508 e. The van der Waals surface area contributed by atoms with Crippen LogP contribution < -0.4 is 0 Å². The zero-order valence-corrected chi connectivity index (χ0v) is 13.7. The summed E-state index contributed by atoms with van der Waals surface area (Å²) >= 11 is 5.66. The number of phenols is 1. The predicted octanol–water partition coefficient (Wildman–Crippen LogP) is 3.83. The van der Waals surface area contributed by atoms with Crippen molar-refractivity contribution in [2.75, 3.05) is 7.05 Å². The van der Waals surface area contributed by atoms with E-state index in [0.29, 0.717) is 5.66 Å². The van der Waals surface area contributed by atoms with Crippen molar-refractivity contribution in [3.8, 4) is 5.75 Å². The van der Waals surface area contributed by atoms with Crippen LogP contribution in [-0.4, -0.2) is 28.8 Å². The van der Waals surface area contributed by atoms with Crippen molar-refractivity contribution in [3.05, 3.63) is 29.8 Å². The normalized spacial score (nSPS) is 14.5. The second-order valence-corrected chi connectivity index (χ2v) is 7.99. The lowest BCUT2D eigenvalue weighted by Crippen LogP contribution is -2.10. The molecule has 0 aromatic heterocycles. The van der Waals surface area contributed by atoms with Gasteiger partial charge in [0.1, 0.15) is 5.75 Å². The first-order chi connectivity index (χ1) is 9.08. The molecule has 5 heteroatoms. The van der Waals surface area contributed by atoms with Gasteiger partial charge in [0, 0.05) is 19.6 Å². The maximum atomic E-state index is 9.22. The third-order valence-corrected chi connectivity index (χ3v) is 7.01. The molecule has 0 radical (unpaired) electrons. The lowest BCUT2D eigenvalue weighted by Gasteiger charge is -2.23. The minimum Gasteiger partial charge on any atom is -0.508 e. The lowest BCUT2D eigenvalue weighted by molar-refractivity contribution is 0.475. The van der Waals surface area contributed by atoms with Gasteiger partial charge < -0.3 is 5.11 Å². The first kappa shape index (κ1) is 16.2. The van der Waals surface area contributed by atoms with Crippen LogP contribution in [0.25, 0.3) is 0 Å². The molecule has 2 atom stereocenters. The molecular formula is C14H23N2OPS. The predicted molar refractivity (Wildman–Crippen MR) is 88.1 cm³/mol. The quantitative estimate of drug-likeness (QED) is 0.472. The van der Waals surface area contributed by atoms with Gasteiger partial charge in [-0.3, -0.25) is 4.78 Å². The van der Waals surface area contributed by atoms with Crippen LogP contribution in [0.2, 0.25) is 0 Å². The monoisotopic (exact) mass is 298 g/mol. The van der Waals surface area contributed by atoms with E-state index in [1.54, 1.807) is 18.3 Å². The van der Waals surface area contributed by atoms with E-state index in [2.05, 4.69) is 18.9 Å². The van der Waals surface area contributed by atoms with E-state index in [9.17, 15) is 5.11 Å². The van der Waals surface area contributed by atoms with Crippen molar-refractivity contribution < 1.29 is 5.11 Å². The highest BCUT2D eigenvalue weighted by Crippen LogP contribution is 2.37. The Balaban J connectivity index is 2.65. The van der Waals surface area contributed by atoms with Crippen LogP contribution in [-0.2, 0) is 11.8 Å². The van der Waals surface area contributed by atoms with Gasteiger partial charge in [-0.1, -0.05) is 32.1 Å². The van der Waals surface area contributed by atoms with Crippen molar-refractivity contribution in [2.24, 2.45) is 5.10 Å².